The average molecular weight is 261 g/mol. The molecule has 2 rings (SSSR count). The van der Waals surface area contributed by atoms with Crippen LogP contribution in [0, 0.1) is 0 Å². The molecule has 0 spiro atoms. The van der Waals surface area contributed by atoms with Crippen molar-refractivity contribution in [2.45, 2.75) is 20.4 Å². The first-order chi connectivity index (χ1) is 9.13. The van der Waals surface area contributed by atoms with Gasteiger partial charge in [0.2, 0.25) is 0 Å². The van der Waals surface area contributed by atoms with Crippen LogP contribution in [-0.4, -0.2) is 24.2 Å². The molecule has 5 heteroatoms. The number of anilines is 2. The summed E-state index contributed by atoms with van der Waals surface area (Å²) in [4.78, 5) is 12.0. The average Bonchev–Trinajstić information content (AvgIpc) is 2.71. The van der Waals surface area contributed by atoms with Gasteiger partial charge in [-0.1, -0.05) is 0 Å². The van der Waals surface area contributed by atoms with Crippen molar-refractivity contribution in [2.75, 3.05) is 24.7 Å². The van der Waals surface area contributed by atoms with Gasteiger partial charge in [-0.25, -0.2) is 4.79 Å². The van der Waals surface area contributed by atoms with E-state index in [1.807, 2.05) is 30.5 Å². The number of fused-ring (bicyclic) bond motifs is 1. The summed E-state index contributed by atoms with van der Waals surface area (Å²) < 4.78 is 6.94. The van der Waals surface area contributed by atoms with E-state index in [2.05, 4.69) is 5.32 Å². The normalized spacial score (nSPS) is 10.7. The molecule has 0 saturated carbocycles. The summed E-state index contributed by atoms with van der Waals surface area (Å²) in [5.74, 6) is 0.454. The summed E-state index contributed by atoms with van der Waals surface area (Å²) in [5, 5.41) is 4.10. The van der Waals surface area contributed by atoms with Crippen molar-refractivity contribution in [3.05, 3.63) is 23.8 Å². The number of aromatic nitrogens is 1. The number of carbonyl (C=O) groups excluding carboxylic acids is 1. The monoisotopic (exact) mass is 261 g/mol. The fourth-order valence-electron chi connectivity index (χ4n) is 2.35. The molecule has 1 aromatic carbocycles. The molecule has 0 fully saturated rings. The van der Waals surface area contributed by atoms with Gasteiger partial charge in [0, 0.05) is 24.2 Å². The van der Waals surface area contributed by atoms with Gasteiger partial charge in [-0.3, -0.25) is 0 Å². The molecule has 0 unspecified atom stereocenters. The molecular weight excluding hydrogens is 242 g/mol. The molecule has 0 atom stereocenters. The van der Waals surface area contributed by atoms with E-state index in [0.717, 1.165) is 29.8 Å². The Kier molecular flexibility index (Phi) is 3.64. The van der Waals surface area contributed by atoms with Crippen LogP contribution in [0.25, 0.3) is 10.9 Å². The van der Waals surface area contributed by atoms with Crippen molar-refractivity contribution in [3.8, 4) is 0 Å². The predicted octanol–water partition coefficient (Wildman–Crippen LogP) is 2.46. The fourth-order valence-corrected chi connectivity index (χ4v) is 2.35. The van der Waals surface area contributed by atoms with E-state index in [-0.39, 0.29) is 5.97 Å². The molecule has 102 valence electrons. The highest BCUT2D eigenvalue weighted by Crippen LogP contribution is 2.32. The molecule has 0 saturated heterocycles. The van der Waals surface area contributed by atoms with Crippen molar-refractivity contribution in [2.24, 2.45) is 0 Å². The van der Waals surface area contributed by atoms with Gasteiger partial charge in [0.25, 0.3) is 0 Å². The predicted molar refractivity (Wildman–Crippen MR) is 77.5 cm³/mol. The number of esters is 1. The zero-order chi connectivity index (χ0) is 14.0. The highest BCUT2D eigenvalue weighted by Gasteiger charge is 2.22. The van der Waals surface area contributed by atoms with Crippen LogP contribution in [0.15, 0.2) is 18.2 Å². The Hall–Kier alpha value is -2.17. The second kappa shape index (κ2) is 5.22. The van der Waals surface area contributed by atoms with Crippen LogP contribution in [0.3, 0.4) is 0 Å². The van der Waals surface area contributed by atoms with Crippen LogP contribution in [0.5, 0.6) is 0 Å². The highest BCUT2D eigenvalue weighted by molar-refractivity contribution is 6.10. The number of hydrogen-bond donors (Lipinski definition) is 2. The summed E-state index contributed by atoms with van der Waals surface area (Å²) in [6.45, 7) is 5.51. The molecule has 2 aromatic rings. The summed E-state index contributed by atoms with van der Waals surface area (Å²) in [6, 6.07) is 5.54. The molecule has 0 aliphatic rings. The van der Waals surface area contributed by atoms with Crippen LogP contribution in [-0.2, 0) is 11.3 Å². The van der Waals surface area contributed by atoms with Crippen LogP contribution in [0.1, 0.15) is 24.2 Å². The van der Waals surface area contributed by atoms with Crippen molar-refractivity contribution in [3.63, 3.8) is 0 Å². The zero-order valence-electron chi connectivity index (χ0n) is 11.5. The van der Waals surface area contributed by atoms with Gasteiger partial charge < -0.3 is 20.4 Å². The maximum Gasteiger partial charge on any atom is 0.342 e. The van der Waals surface area contributed by atoms with Crippen molar-refractivity contribution in [1.29, 1.82) is 0 Å². The summed E-state index contributed by atoms with van der Waals surface area (Å²) >= 11 is 0. The minimum absolute atomic E-state index is 0.335. The van der Waals surface area contributed by atoms with Gasteiger partial charge in [-0.15, -0.1) is 0 Å². The minimum atomic E-state index is -0.335. The minimum Gasteiger partial charge on any atom is -0.465 e. The quantitative estimate of drug-likeness (QED) is 0.655. The van der Waals surface area contributed by atoms with Crippen LogP contribution < -0.4 is 11.1 Å². The lowest BCUT2D eigenvalue weighted by molar-refractivity contribution is 0.0604. The molecule has 0 aliphatic heterocycles. The Morgan fingerprint density at radius 2 is 2.16 bits per heavy atom. The number of nitrogen functional groups attached to an aromatic ring is 1. The van der Waals surface area contributed by atoms with Crippen LogP contribution in [0.2, 0.25) is 0 Å². The second-order valence-electron chi connectivity index (χ2n) is 4.27. The number of hydrogen-bond acceptors (Lipinski definition) is 4. The number of nitrogens with two attached hydrogens (primary N) is 1. The lowest BCUT2D eigenvalue weighted by atomic mass is 10.1. The van der Waals surface area contributed by atoms with Gasteiger partial charge in [0.15, 0.2) is 0 Å². The van der Waals surface area contributed by atoms with E-state index < -0.39 is 0 Å². The molecule has 5 nitrogen and oxygen atoms in total. The molecule has 0 amide bonds. The molecule has 1 heterocycles. The zero-order valence-corrected chi connectivity index (χ0v) is 11.5. The van der Waals surface area contributed by atoms with E-state index >= 15 is 0 Å². The molecule has 19 heavy (non-hydrogen) atoms. The highest BCUT2D eigenvalue weighted by atomic mass is 16.5. The number of nitrogens with one attached hydrogen (secondary N) is 1. The maximum atomic E-state index is 12.0. The van der Waals surface area contributed by atoms with E-state index in [1.54, 1.807) is 6.07 Å². The van der Waals surface area contributed by atoms with E-state index in [4.69, 9.17) is 10.5 Å². The first-order valence-corrected chi connectivity index (χ1v) is 6.37. The number of carbonyl (C=O) groups is 1. The van der Waals surface area contributed by atoms with E-state index in [0.29, 0.717) is 11.3 Å². The Balaban J connectivity index is 2.81. The van der Waals surface area contributed by atoms with Gasteiger partial charge in [-0.2, -0.15) is 0 Å². The number of aryl methyl sites for hydroxylation is 1. The number of methoxy groups -OCH3 is 1. The molecule has 0 radical (unpaired) electrons. The van der Waals surface area contributed by atoms with Crippen molar-refractivity contribution >= 4 is 28.4 Å². The van der Waals surface area contributed by atoms with E-state index in [1.165, 1.54) is 7.11 Å². The smallest absolute Gasteiger partial charge is 0.342 e. The van der Waals surface area contributed by atoms with Crippen molar-refractivity contribution < 1.29 is 9.53 Å². The summed E-state index contributed by atoms with van der Waals surface area (Å²) in [6.07, 6.45) is 0. The third kappa shape index (κ3) is 2.12. The third-order valence-electron chi connectivity index (χ3n) is 3.14. The number of nitrogens with zero attached hydrogens (tertiary/aromatic N) is 1. The van der Waals surface area contributed by atoms with Gasteiger partial charge in [0.05, 0.1) is 12.6 Å². The maximum absolute atomic E-state index is 12.0. The van der Waals surface area contributed by atoms with Gasteiger partial charge in [0.1, 0.15) is 11.4 Å². The first-order valence-electron chi connectivity index (χ1n) is 6.37. The number of benzene rings is 1. The van der Waals surface area contributed by atoms with Gasteiger partial charge in [-0.05, 0) is 32.0 Å². The van der Waals surface area contributed by atoms with Crippen LogP contribution >= 0.6 is 0 Å². The number of rotatable bonds is 4. The second-order valence-corrected chi connectivity index (χ2v) is 4.27. The van der Waals surface area contributed by atoms with Gasteiger partial charge >= 0.3 is 5.97 Å². The van der Waals surface area contributed by atoms with Crippen LogP contribution in [0.4, 0.5) is 11.5 Å². The molecule has 1 aromatic heterocycles. The molecule has 0 aliphatic carbocycles. The van der Waals surface area contributed by atoms with E-state index in [9.17, 15) is 4.79 Å². The SMILES string of the molecule is CCNc1c(C(=O)OC)c2ccc(N)cc2n1CC. The summed E-state index contributed by atoms with van der Waals surface area (Å²) in [5.41, 5.74) is 8.03. The lowest BCUT2D eigenvalue weighted by Gasteiger charge is -2.10. The lowest BCUT2D eigenvalue weighted by Crippen LogP contribution is -2.10. The fraction of sp³-hybridized carbons (Fsp3) is 0.357. The number of ether oxygens (including phenoxy) is 1. The Labute approximate surface area is 112 Å². The third-order valence-corrected chi connectivity index (χ3v) is 3.14. The Morgan fingerprint density at radius 3 is 2.74 bits per heavy atom. The standard InChI is InChI=1S/C14H19N3O2/c1-4-16-13-12(14(18)19-3)10-7-6-9(15)8-11(10)17(13)5-2/h6-8,16H,4-5,15H2,1-3H3. The molecule has 0 bridgehead atoms. The molecular formula is C14H19N3O2. The Bertz CT molecular complexity index is 617. The molecule has 3 N–H and O–H groups in total. The Morgan fingerprint density at radius 1 is 1.42 bits per heavy atom. The topological polar surface area (TPSA) is 69.3 Å². The first kappa shape index (κ1) is 13.3. The largest absolute Gasteiger partial charge is 0.465 e. The summed E-state index contributed by atoms with van der Waals surface area (Å²) in [7, 11) is 1.39. The van der Waals surface area contributed by atoms with Crippen molar-refractivity contribution in [1.82, 2.24) is 4.57 Å².